The van der Waals surface area contributed by atoms with Crippen LogP contribution in [0.15, 0.2) is 0 Å². The Bertz CT molecular complexity index is 104. The maximum atomic E-state index is 11.0. The lowest BCUT2D eigenvalue weighted by Gasteiger charge is -2.10. The molecule has 0 aliphatic carbocycles. The lowest BCUT2D eigenvalue weighted by atomic mass is 10.8. The van der Waals surface area contributed by atoms with E-state index in [4.69, 9.17) is 0 Å². The van der Waals surface area contributed by atoms with Gasteiger partial charge in [0.05, 0.1) is 0 Å². The average molecular weight is 136 g/mol. The van der Waals surface area contributed by atoms with E-state index in [1.807, 2.05) is 6.92 Å². The van der Waals surface area contributed by atoms with Crippen molar-refractivity contribution in [1.82, 2.24) is 10.2 Å². The maximum absolute atomic E-state index is 11.0. The molecule has 3 nitrogen and oxygen atoms in total. The molecule has 0 radical (unpaired) electrons. The molecule has 1 atom stereocenters. The predicted molar refractivity (Wildman–Crippen MR) is 36.3 cm³/mol. The van der Waals surface area contributed by atoms with Crippen molar-refractivity contribution in [3.05, 3.63) is 0 Å². The summed E-state index contributed by atoms with van der Waals surface area (Å²) in [5, 5.41) is 5.50. The van der Waals surface area contributed by atoms with Crippen molar-refractivity contribution >= 4 is 7.44 Å². The van der Waals surface area contributed by atoms with Crippen molar-refractivity contribution < 1.29 is 4.57 Å². The van der Waals surface area contributed by atoms with E-state index in [1.54, 1.807) is 13.7 Å². The molecule has 0 aromatic heterocycles. The van der Waals surface area contributed by atoms with Crippen LogP contribution in [0.3, 0.4) is 0 Å². The zero-order chi connectivity index (χ0) is 6.62. The molecule has 0 saturated heterocycles. The minimum absolute atomic E-state index is 0.745. The van der Waals surface area contributed by atoms with Gasteiger partial charge in [-0.1, -0.05) is 6.92 Å². The van der Waals surface area contributed by atoms with Crippen LogP contribution in [0.4, 0.5) is 0 Å². The average Bonchev–Trinajstić information content (AvgIpc) is 1.67. The predicted octanol–water partition coefficient (Wildman–Crippen LogP) is 0.638. The number of hydrogen-bond donors (Lipinski definition) is 2. The highest BCUT2D eigenvalue weighted by molar-refractivity contribution is 7.58. The van der Waals surface area contributed by atoms with Gasteiger partial charge in [0.1, 0.15) is 0 Å². The molecule has 0 fully saturated rings. The third kappa shape index (κ3) is 3.19. The molecule has 0 spiro atoms. The van der Waals surface area contributed by atoms with E-state index in [-0.39, 0.29) is 0 Å². The van der Waals surface area contributed by atoms with E-state index in [1.165, 1.54) is 0 Å². The zero-order valence-electron chi connectivity index (χ0n) is 5.56. The van der Waals surface area contributed by atoms with Crippen LogP contribution < -0.4 is 10.2 Å². The summed E-state index contributed by atoms with van der Waals surface area (Å²) in [4.78, 5) is 0. The summed E-state index contributed by atoms with van der Waals surface area (Å²) < 4.78 is 11.0. The Morgan fingerprint density at radius 3 is 2.25 bits per heavy atom. The van der Waals surface area contributed by atoms with Crippen molar-refractivity contribution in [2.75, 3.05) is 20.3 Å². The van der Waals surface area contributed by atoms with Crippen LogP contribution in [0.5, 0.6) is 0 Å². The van der Waals surface area contributed by atoms with Crippen molar-refractivity contribution in [3.63, 3.8) is 0 Å². The lowest BCUT2D eigenvalue weighted by molar-refractivity contribution is 0.564. The normalized spacial score (nSPS) is 17.9. The molecule has 0 aliphatic heterocycles. The third-order valence-electron chi connectivity index (χ3n) is 0.887. The summed E-state index contributed by atoms with van der Waals surface area (Å²) in [6.07, 6.45) is 0. The summed E-state index contributed by atoms with van der Waals surface area (Å²) in [5.74, 6) is 0. The Hall–Kier alpha value is 0.150. The van der Waals surface area contributed by atoms with Crippen LogP contribution in [-0.2, 0) is 4.57 Å². The van der Waals surface area contributed by atoms with Gasteiger partial charge in [-0.15, -0.1) is 0 Å². The van der Waals surface area contributed by atoms with Crippen molar-refractivity contribution in [3.8, 4) is 0 Å². The molecule has 0 aromatic carbocycles. The first-order valence-electron chi connectivity index (χ1n) is 2.64. The molecule has 0 amide bonds. The molecular formula is C4H13N2OP. The first-order valence-corrected chi connectivity index (χ1v) is 4.79. The molecule has 0 aromatic rings. The van der Waals surface area contributed by atoms with Crippen molar-refractivity contribution in [2.45, 2.75) is 6.92 Å². The van der Waals surface area contributed by atoms with Gasteiger partial charge < -0.3 is 0 Å². The minimum atomic E-state index is -2.17. The first-order chi connectivity index (χ1) is 3.62. The zero-order valence-corrected chi connectivity index (χ0v) is 6.46. The second-order valence-electron chi connectivity index (χ2n) is 1.66. The number of hydrogen-bond acceptors (Lipinski definition) is 1. The Labute approximate surface area is 50.3 Å². The van der Waals surface area contributed by atoms with E-state index < -0.39 is 7.44 Å². The van der Waals surface area contributed by atoms with Gasteiger partial charge in [-0.05, 0) is 13.6 Å². The Morgan fingerprint density at radius 1 is 1.62 bits per heavy atom. The molecule has 0 bridgehead atoms. The summed E-state index contributed by atoms with van der Waals surface area (Å²) >= 11 is 0. The van der Waals surface area contributed by atoms with E-state index in [9.17, 15) is 4.57 Å². The van der Waals surface area contributed by atoms with Gasteiger partial charge in [-0.2, -0.15) is 0 Å². The second kappa shape index (κ2) is 3.23. The molecule has 0 aliphatic rings. The van der Waals surface area contributed by atoms with Crippen molar-refractivity contribution in [2.24, 2.45) is 0 Å². The molecule has 8 heavy (non-hydrogen) atoms. The Kier molecular flexibility index (Phi) is 3.29. The number of nitrogens with one attached hydrogen (secondary N) is 2. The molecular weight excluding hydrogens is 123 g/mol. The van der Waals surface area contributed by atoms with Gasteiger partial charge in [0.15, 0.2) is 0 Å². The summed E-state index contributed by atoms with van der Waals surface area (Å²) in [5.41, 5.74) is 0. The van der Waals surface area contributed by atoms with Gasteiger partial charge >= 0.3 is 0 Å². The fourth-order valence-corrected chi connectivity index (χ4v) is 1.14. The van der Waals surface area contributed by atoms with Crippen molar-refractivity contribution in [1.29, 1.82) is 0 Å². The van der Waals surface area contributed by atoms with Crippen LogP contribution >= 0.6 is 7.44 Å². The second-order valence-corrected chi connectivity index (χ2v) is 4.27. The highest BCUT2D eigenvalue weighted by Gasteiger charge is 2.06. The fourth-order valence-electron chi connectivity index (χ4n) is 0.381. The lowest BCUT2D eigenvalue weighted by Crippen LogP contribution is -2.17. The molecule has 50 valence electrons. The van der Waals surface area contributed by atoms with Crippen LogP contribution in [-0.4, -0.2) is 20.3 Å². The van der Waals surface area contributed by atoms with Crippen LogP contribution in [0, 0.1) is 0 Å². The summed E-state index contributed by atoms with van der Waals surface area (Å²) in [6.45, 7) is 4.33. The molecule has 0 rings (SSSR count). The maximum Gasteiger partial charge on any atom is 0.208 e. The summed E-state index contributed by atoms with van der Waals surface area (Å²) in [7, 11) is -0.489. The largest absolute Gasteiger partial charge is 0.290 e. The van der Waals surface area contributed by atoms with Gasteiger partial charge in [0, 0.05) is 6.66 Å². The molecule has 4 heteroatoms. The quantitative estimate of drug-likeness (QED) is 0.559. The topological polar surface area (TPSA) is 41.1 Å². The Morgan fingerprint density at radius 2 is 2.12 bits per heavy atom. The fraction of sp³-hybridized carbons (Fsp3) is 1.00. The number of rotatable bonds is 3. The smallest absolute Gasteiger partial charge is 0.208 e. The van der Waals surface area contributed by atoms with Gasteiger partial charge in [-0.3, -0.25) is 14.7 Å². The molecule has 0 saturated carbocycles. The van der Waals surface area contributed by atoms with Crippen LogP contribution in [0.1, 0.15) is 6.92 Å². The van der Waals surface area contributed by atoms with Gasteiger partial charge in [-0.25, -0.2) is 0 Å². The highest BCUT2D eigenvalue weighted by Crippen LogP contribution is 2.27. The van der Waals surface area contributed by atoms with E-state index in [0.717, 1.165) is 6.54 Å². The third-order valence-corrected chi connectivity index (χ3v) is 2.66. The standard InChI is InChI=1S/C4H13N2OP/c1-4-6-8(3,7)5-2/h4H2,1-3H3,(H2,5,6,7). The molecule has 1 unspecified atom stereocenters. The molecule has 0 heterocycles. The monoisotopic (exact) mass is 136 g/mol. The Balaban J connectivity index is 3.55. The molecule has 2 N–H and O–H groups in total. The van der Waals surface area contributed by atoms with Crippen LogP contribution in [0.2, 0.25) is 0 Å². The van der Waals surface area contributed by atoms with E-state index in [0.29, 0.717) is 0 Å². The van der Waals surface area contributed by atoms with Crippen LogP contribution in [0.25, 0.3) is 0 Å². The van der Waals surface area contributed by atoms with Gasteiger partial charge in [0.2, 0.25) is 7.44 Å². The van der Waals surface area contributed by atoms with E-state index >= 15 is 0 Å². The van der Waals surface area contributed by atoms with E-state index in [2.05, 4.69) is 10.2 Å². The van der Waals surface area contributed by atoms with Gasteiger partial charge in [0.25, 0.3) is 0 Å². The SMILES string of the molecule is CCNP(C)(=O)NC. The highest BCUT2D eigenvalue weighted by atomic mass is 31.2. The summed E-state index contributed by atoms with van der Waals surface area (Å²) in [6, 6.07) is 0. The first kappa shape index (κ1) is 8.15. The minimum Gasteiger partial charge on any atom is -0.290 e.